The number of ether oxygens (including phenoxy) is 1. The number of nitrogens with two attached hydrogens (primary N) is 3. The lowest BCUT2D eigenvalue weighted by Crippen LogP contribution is -2.41. The van der Waals surface area contributed by atoms with Crippen LogP contribution in [0.3, 0.4) is 0 Å². The summed E-state index contributed by atoms with van der Waals surface area (Å²) in [7, 11) is 0. The first-order valence-corrected chi connectivity index (χ1v) is 14.8. The van der Waals surface area contributed by atoms with Gasteiger partial charge in [0.15, 0.2) is 11.2 Å². The molecule has 0 saturated heterocycles. The predicted octanol–water partition coefficient (Wildman–Crippen LogP) is -0.0504. The Morgan fingerprint density at radius 2 is 1.56 bits per heavy atom. The third-order valence-corrected chi connectivity index (χ3v) is 7.08. The maximum atomic E-state index is 13.7. The molecule has 260 valence electrons. The van der Waals surface area contributed by atoms with Gasteiger partial charge in [0.2, 0.25) is 5.95 Å². The zero-order chi connectivity index (χ0) is 36.5. The minimum Gasteiger partial charge on any atom is -0.481 e. The number of nitrogens with one attached hydrogen (secondary N) is 2. The lowest BCUT2D eigenvalue weighted by atomic mass is 10.1. The summed E-state index contributed by atoms with van der Waals surface area (Å²) >= 11 is 0. The van der Waals surface area contributed by atoms with Crippen molar-refractivity contribution >= 4 is 64.2 Å². The number of hydrogen-bond acceptors (Lipinski definition) is 14. The molecule has 2 aromatic carbocycles. The number of anilines is 3. The van der Waals surface area contributed by atoms with E-state index in [4.69, 9.17) is 22.3 Å². The lowest BCUT2D eigenvalue weighted by molar-refractivity contribution is -0.160. The molecular weight excluding hydrogens is 658 g/mol. The van der Waals surface area contributed by atoms with Gasteiger partial charge in [-0.1, -0.05) is 0 Å². The zero-order valence-corrected chi connectivity index (χ0v) is 26.1. The molecule has 0 aliphatic rings. The Morgan fingerprint density at radius 3 is 2.20 bits per heavy atom. The predicted molar refractivity (Wildman–Crippen MR) is 174 cm³/mol. The molecule has 50 heavy (non-hydrogen) atoms. The maximum absolute atomic E-state index is 13.7. The number of aliphatic carboxylic acids is 2. The molecule has 2 heterocycles. The highest BCUT2D eigenvalue weighted by Crippen LogP contribution is 2.22. The van der Waals surface area contributed by atoms with Crippen molar-refractivity contribution in [3.63, 3.8) is 0 Å². The van der Waals surface area contributed by atoms with Gasteiger partial charge in [0.25, 0.3) is 17.4 Å². The van der Waals surface area contributed by atoms with Crippen molar-refractivity contribution in [1.82, 2.24) is 25.3 Å². The van der Waals surface area contributed by atoms with Crippen LogP contribution in [-0.4, -0.2) is 77.9 Å². The normalized spacial score (nSPS) is 12.0. The second-order valence-electron chi connectivity index (χ2n) is 10.8. The van der Waals surface area contributed by atoms with Crippen molar-refractivity contribution in [2.24, 2.45) is 5.73 Å². The number of aromatic nitrogens is 4. The summed E-state index contributed by atoms with van der Waals surface area (Å²) in [5.74, 6) is -6.41. The number of benzene rings is 2. The van der Waals surface area contributed by atoms with Crippen LogP contribution in [0.1, 0.15) is 52.1 Å². The van der Waals surface area contributed by atoms with Gasteiger partial charge in [-0.3, -0.25) is 29.0 Å². The van der Waals surface area contributed by atoms with Crippen LogP contribution in [-0.2, 0) is 30.5 Å². The Labute approximate surface area is 281 Å². The van der Waals surface area contributed by atoms with Crippen molar-refractivity contribution in [3.05, 3.63) is 81.9 Å². The fraction of sp³-hybridized carbons (Fsp3) is 0.226. The van der Waals surface area contributed by atoms with Crippen LogP contribution >= 0.6 is 0 Å². The molecule has 0 saturated carbocycles. The van der Waals surface area contributed by atoms with Gasteiger partial charge >= 0.3 is 23.9 Å². The quantitative estimate of drug-likeness (QED) is 0.0518. The third-order valence-electron chi connectivity index (χ3n) is 7.08. The highest BCUT2D eigenvalue weighted by atomic mass is 16.6. The second-order valence-corrected chi connectivity index (χ2v) is 10.8. The van der Waals surface area contributed by atoms with Crippen LogP contribution < -0.4 is 33.0 Å². The van der Waals surface area contributed by atoms with E-state index in [0.29, 0.717) is 11.4 Å². The number of carboxylic acids is 2. The first-order valence-electron chi connectivity index (χ1n) is 14.8. The molecule has 2 aromatic heterocycles. The van der Waals surface area contributed by atoms with Crippen molar-refractivity contribution < 1.29 is 43.7 Å². The van der Waals surface area contributed by atoms with Crippen LogP contribution in [0.2, 0.25) is 0 Å². The summed E-state index contributed by atoms with van der Waals surface area (Å²) in [6, 6.07) is 8.71. The topological polar surface area (TPSA) is 317 Å². The number of carbonyl (C=O) groups excluding carboxylic acids is 4. The van der Waals surface area contributed by atoms with Crippen LogP contribution in [0.4, 0.5) is 17.3 Å². The van der Waals surface area contributed by atoms with E-state index < -0.39 is 72.6 Å². The Kier molecular flexibility index (Phi) is 11.5. The van der Waals surface area contributed by atoms with E-state index in [9.17, 15) is 38.7 Å². The number of nitrogens with zero attached hydrogens (tertiary/aromatic N) is 4. The van der Waals surface area contributed by atoms with Crippen LogP contribution in [0, 0.1) is 0 Å². The smallest absolute Gasteiger partial charge is 0.330 e. The number of nitrogen functional groups attached to an aromatic ring is 2. The minimum absolute atomic E-state index is 0.00253. The van der Waals surface area contributed by atoms with E-state index in [2.05, 4.69) is 30.0 Å². The zero-order valence-electron chi connectivity index (χ0n) is 26.1. The van der Waals surface area contributed by atoms with Gasteiger partial charge in [-0.2, -0.15) is 4.98 Å². The number of carbonyl (C=O) groups is 6. The number of aromatic amines is 1. The van der Waals surface area contributed by atoms with Gasteiger partial charge < -0.3 is 42.4 Å². The summed E-state index contributed by atoms with van der Waals surface area (Å²) in [4.78, 5) is 101. The molecule has 4 rings (SSSR count). The molecule has 4 aromatic rings. The molecule has 0 unspecified atom stereocenters. The molecule has 19 nitrogen and oxygen atoms in total. The SMILES string of the molecule is Nc1ccc(C(=O)N(Cc2cnc3nc(N)[nH]c(=O)c3n2)c2ccc(C(=O)N[C@@H](CCC(=O)OC(=O)[C@@H](N)CCC(=O)O)C(=O)O)cc2)cc1. The van der Waals surface area contributed by atoms with Gasteiger partial charge in [0.1, 0.15) is 12.1 Å². The Balaban J connectivity index is 1.48. The molecule has 10 N–H and O–H groups in total. The number of rotatable bonds is 14. The molecule has 0 bridgehead atoms. The first kappa shape index (κ1) is 36.1. The number of fused-ring (bicyclic) bond motifs is 1. The van der Waals surface area contributed by atoms with Crippen molar-refractivity contribution in [1.29, 1.82) is 0 Å². The fourth-order valence-electron chi connectivity index (χ4n) is 4.46. The van der Waals surface area contributed by atoms with Gasteiger partial charge in [-0.05, 0) is 61.4 Å². The summed E-state index contributed by atoms with van der Waals surface area (Å²) in [6.07, 6.45) is -0.399. The van der Waals surface area contributed by atoms with E-state index in [0.717, 1.165) is 0 Å². The minimum atomic E-state index is -1.56. The summed E-state index contributed by atoms with van der Waals surface area (Å²) in [5.41, 5.74) is 17.3. The van der Waals surface area contributed by atoms with Crippen molar-refractivity contribution in [3.8, 4) is 0 Å². The Morgan fingerprint density at radius 1 is 0.900 bits per heavy atom. The monoisotopic (exact) mass is 689 g/mol. The molecule has 0 fully saturated rings. The molecule has 2 atom stereocenters. The average molecular weight is 690 g/mol. The second kappa shape index (κ2) is 15.9. The first-order chi connectivity index (χ1) is 23.7. The molecule has 0 spiro atoms. The molecular formula is C31H31N9O10. The molecule has 0 radical (unpaired) electrons. The average Bonchev–Trinajstić information content (AvgIpc) is 3.07. The Bertz CT molecular complexity index is 2000. The summed E-state index contributed by atoms with van der Waals surface area (Å²) in [6.45, 7) is -0.175. The van der Waals surface area contributed by atoms with E-state index in [1.54, 1.807) is 0 Å². The largest absolute Gasteiger partial charge is 0.481 e. The number of hydrogen-bond donors (Lipinski definition) is 7. The number of esters is 2. The van der Waals surface area contributed by atoms with Crippen LogP contribution in [0.25, 0.3) is 11.2 Å². The van der Waals surface area contributed by atoms with Gasteiger partial charge in [-0.25, -0.2) is 19.6 Å². The standard InChI is InChI=1S/C31H31N9O10/c32-17-5-1-16(2-6-17)28(46)40(14-18-13-35-25-24(36-18)27(45)39-31(34)38-25)19-7-3-15(4-8-19)26(44)37-21(29(47)48)10-12-23(43)50-30(49)20(33)9-11-22(41)42/h1-8,13,20-21H,9-12,14,32-33H2,(H,37,44)(H,41,42)(H,47,48)(H3,34,35,38,39,45)/t20-,21-/m0/s1. The van der Waals surface area contributed by atoms with Gasteiger partial charge in [-0.15, -0.1) is 0 Å². The maximum Gasteiger partial charge on any atom is 0.330 e. The van der Waals surface area contributed by atoms with Crippen molar-refractivity contribution in [2.45, 2.75) is 44.3 Å². The highest BCUT2D eigenvalue weighted by Gasteiger charge is 2.25. The van der Waals surface area contributed by atoms with E-state index >= 15 is 0 Å². The summed E-state index contributed by atoms with van der Waals surface area (Å²) in [5, 5.41) is 20.6. The van der Waals surface area contributed by atoms with E-state index in [-0.39, 0.29) is 46.9 Å². The van der Waals surface area contributed by atoms with Gasteiger partial charge in [0, 0.05) is 35.3 Å². The lowest BCUT2D eigenvalue weighted by Gasteiger charge is -2.23. The summed E-state index contributed by atoms with van der Waals surface area (Å²) < 4.78 is 4.56. The number of H-pyrrole nitrogens is 1. The van der Waals surface area contributed by atoms with Gasteiger partial charge in [0.05, 0.1) is 18.4 Å². The van der Waals surface area contributed by atoms with E-state index in [1.807, 2.05) is 0 Å². The molecule has 0 aliphatic heterocycles. The van der Waals surface area contributed by atoms with Crippen molar-refractivity contribution in [2.75, 3.05) is 16.4 Å². The highest BCUT2D eigenvalue weighted by molar-refractivity contribution is 6.06. The fourth-order valence-corrected chi connectivity index (χ4v) is 4.46. The third kappa shape index (κ3) is 9.41. The molecule has 19 heteroatoms. The molecule has 0 aliphatic carbocycles. The number of amides is 2. The molecule has 2 amide bonds. The number of carboxylic acid groups (broad SMARTS) is 2. The van der Waals surface area contributed by atoms with Crippen LogP contribution in [0.15, 0.2) is 59.5 Å². The van der Waals surface area contributed by atoms with Crippen LogP contribution in [0.5, 0.6) is 0 Å². The Hall–Kier alpha value is -6.76. The van der Waals surface area contributed by atoms with E-state index in [1.165, 1.54) is 59.6 Å².